The van der Waals surface area contributed by atoms with Gasteiger partial charge in [-0.05, 0) is 66.4 Å². The van der Waals surface area contributed by atoms with Gasteiger partial charge in [0.05, 0.1) is 12.3 Å². The van der Waals surface area contributed by atoms with Crippen molar-refractivity contribution in [3.8, 4) is 0 Å². The second kappa shape index (κ2) is 12.8. The van der Waals surface area contributed by atoms with Crippen molar-refractivity contribution >= 4 is 49.8 Å². The lowest BCUT2D eigenvalue weighted by Gasteiger charge is -2.17. The first-order valence-electron chi connectivity index (χ1n) is 13.9. The molecule has 0 aliphatic heterocycles. The number of hydrogen-bond acceptors (Lipinski definition) is 4. The smallest absolute Gasteiger partial charge is 0.272 e. The minimum absolute atomic E-state index is 0.0382. The predicted molar refractivity (Wildman–Crippen MR) is 167 cm³/mol. The molecule has 1 heterocycles. The molecule has 0 fully saturated rings. The number of hydrogen-bond donors (Lipinski definition) is 3. The highest BCUT2D eigenvalue weighted by atomic mass is 32.2. The number of carbonyl (C=O) groups excluding carboxylic acids is 2. The second-order valence-corrected chi connectivity index (χ2v) is 13.4. The van der Waals surface area contributed by atoms with E-state index in [0.29, 0.717) is 52.1 Å². The Kier molecular flexibility index (Phi) is 9.36. The molecule has 3 aromatic carbocycles. The molecule has 4 aromatic rings. The van der Waals surface area contributed by atoms with E-state index in [-0.39, 0.29) is 29.4 Å². The zero-order chi connectivity index (χ0) is 30.5. The number of nitrogens with one attached hydrogen (secondary N) is 3. The number of carbonyl (C=O) groups is 2. The number of nitrogens with zero attached hydrogens (tertiary/aromatic N) is 1. The average molecular weight is 593 g/mol. The van der Waals surface area contributed by atoms with E-state index in [0.717, 1.165) is 6.42 Å². The molecular formula is C32H37FN4O4S. The first-order valence-corrected chi connectivity index (χ1v) is 15.6. The number of halogens is 1. The fourth-order valence-electron chi connectivity index (χ4n) is 4.57. The summed E-state index contributed by atoms with van der Waals surface area (Å²) in [6.07, 6.45) is 1.69. The van der Waals surface area contributed by atoms with Crippen LogP contribution >= 0.6 is 0 Å². The van der Waals surface area contributed by atoms with Gasteiger partial charge in [-0.25, -0.2) is 12.8 Å². The maximum Gasteiger partial charge on any atom is 0.272 e. The molecule has 0 aliphatic rings. The van der Waals surface area contributed by atoms with Crippen molar-refractivity contribution in [2.75, 3.05) is 21.1 Å². The Morgan fingerprint density at radius 1 is 0.881 bits per heavy atom. The van der Waals surface area contributed by atoms with Crippen molar-refractivity contribution in [3.05, 3.63) is 89.9 Å². The molecule has 1 aromatic heterocycles. The second-order valence-electron chi connectivity index (χ2n) is 11.6. The molecule has 0 saturated heterocycles. The lowest BCUT2D eigenvalue weighted by Crippen LogP contribution is -2.19. The van der Waals surface area contributed by atoms with E-state index in [9.17, 15) is 22.4 Å². The van der Waals surface area contributed by atoms with Crippen molar-refractivity contribution < 1.29 is 22.4 Å². The molecule has 4 rings (SSSR count). The molecule has 0 atom stereocenters. The predicted octanol–water partition coefficient (Wildman–Crippen LogP) is 7.00. The van der Waals surface area contributed by atoms with Gasteiger partial charge in [0, 0.05) is 39.9 Å². The summed E-state index contributed by atoms with van der Waals surface area (Å²) >= 11 is 0. The van der Waals surface area contributed by atoms with Crippen molar-refractivity contribution in [2.24, 2.45) is 5.41 Å². The van der Waals surface area contributed by atoms with Crippen LogP contribution in [0.2, 0.25) is 0 Å². The van der Waals surface area contributed by atoms with Crippen LogP contribution < -0.4 is 15.4 Å². The van der Waals surface area contributed by atoms with Gasteiger partial charge in [0.15, 0.2) is 0 Å². The van der Waals surface area contributed by atoms with Gasteiger partial charge in [-0.3, -0.25) is 14.3 Å². The van der Waals surface area contributed by atoms with Gasteiger partial charge in [-0.2, -0.15) is 0 Å². The normalized spacial score (nSPS) is 11.8. The van der Waals surface area contributed by atoms with Gasteiger partial charge in [-0.15, -0.1) is 0 Å². The average Bonchev–Trinajstić information content (AvgIpc) is 3.26. The molecule has 3 N–H and O–H groups in total. The minimum atomic E-state index is -3.45. The molecule has 0 radical (unpaired) electrons. The number of amides is 2. The fourth-order valence-corrected chi connectivity index (χ4v) is 5.84. The molecule has 10 heteroatoms. The van der Waals surface area contributed by atoms with E-state index < -0.39 is 15.9 Å². The summed E-state index contributed by atoms with van der Waals surface area (Å²) in [5, 5.41) is 6.49. The molecule has 0 aliphatic carbocycles. The first kappa shape index (κ1) is 30.8. The molecule has 222 valence electrons. The highest BCUT2D eigenvalue weighted by Gasteiger charge is 2.20. The summed E-state index contributed by atoms with van der Waals surface area (Å²) in [5.74, 6) is -0.871. The van der Waals surface area contributed by atoms with Crippen LogP contribution in [0.1, 0.15) is 63.0 Å². The molecular weight excluding hydrogens is 555 g/mol. The van der Waals surface area contributed by atoms with Crippen molar-refractivity contribution in [1.82, 2.24) is 4.57 Å². The van der Waals surface area contributed by atoms with Crippen LogP contribution in [0.25, 0.3) is 10.9 Å². The van der Waals surface area contributed by atoms with Crippen LogP contribution in [0.15, 0.2) is 72.8 Å². The molecule has 0 unspecified atom stereocenters. The Morgan fingerprint density at radius 2 is 1.55 bits per heavy atom. The van der Waals surface area contributed by atoms with Crippen LogP contribution in [-0.4, -0.2) is 30.6 Å². The first-order chi connectivity index (χ1) is 19.8. The SMILES string of the molecule is CCCCS(=O)(=O)Nc1ccc(NC(=O)c2cc3cc(NC(=O)CC(C)(C)C)ccc3n2Cc2ccccc2F)cc1. The quantitative estimate of drug-likeness (QED) is 0.174. The van der Waals surface area contributed by atoms with Gasteiger partial charge < -0.3 is 15.2 Å². The standard InChI is InChI=1S/C32H37FN4O4S/c1-5-6-17-42(40,41)36-25-13-11-24(12-14-25)35-31(39)29-19-23-18-26(34-30(38)20-32(2,3)4)15-16-28(23)37(29)21-22-9-7-8-10-27(22)33/h7-16,18-19,36H,5-6,17,20-21H2,1-4H3,(H,34,38)(H,35,39). The fraction of sp³-hybridized carbons (Fsp3) is 0.312. The van der Waals surface area contributed by atoms with Gasteiger partial charge >= 0.3 is 0 Å². The molecule has 8 nitrogen and oxygen atoms in total. The van der Waals surface area contributed by atoms with Gasteiger partial charge in [0.2, 0.25) is 15.9 Å². The Morgan fingerprint density at radius 3 is 2.21 bits per heavy atom. The number of aromatic nitrogens is 1. The van der Waals surface area contributed by atoms with E-state index in [1.807, 2.05) is 27.7 Å². The van der Waals surface area contributed by atoms with Crippen molar-refractivity contribution in [3.63, 3.8) is 0 Å². The largest absolute Gasteiger partial charge is 0.332 e. The molecule has 0 saturated carbocycles. The molecule has 42 heavy (non-hydrogen) atoms. The van der Waals surface area contributed by atoms with E-state index in [1.54, 1.807) is 71.3 Å². The Bertz CT molecular complexity index is 1690. The van der Waals surface area contributed by atoms with Gasteiger partial charge in [0.1, 0.15) is 11.5 Å². The third-order valence-electron chi connectivity index (χ3n) is 6.58. The summed E-state index contributed by atoms with van der Waals surface area (Å²) in [7, 11) is -3.45. The highest BCUT2D eigenvalue weighted by Crippen LogP contribution is 2.27. The van der Waals surface area contributed by atoms with Gasteiger partial charge in [-0.1, -0.05) is 52.3 Å². The summed E-state index contributed by atoms with van der Waals surface area (Å²) in [5.41, 5.74) is 2.73. The minimum Gasteiger partial charge on any atom is -0.332 e. The topological polar surface area (TPSA) is 109 Å². The Hall–Kier alpha value is -4.18. The van der Waals surface area contributed by atoms with E-state index in [4.69, 9.17) is 0 Å². The third kappa shape index (κ3) is 8.19. The van der Waals surface area contributed by atoms with Gasteiger partial charge in [0.25, 0.3) is 5.91 Å². The zero-order valence-corrected chi connectivity index (χ0v) is 25.1. The monoisotopic (exact) mass is 592 g/mol. The van der Waals surface area contributed by atoms with E-state index in [1.165, 1.54) is 6.07 Å². The van der Waals surface area contributed by atoms with Crippen LogP contribution in [0, 0.1) is 11.2 Å². The van der Waals surface area contributed by atoms with E-state index in [2.05, 4.69) is 15.4 Å². The molecule has 0 bridgehead atoms. The summed E-state index contributed by atoms with van der Waals surface area (Å²) in [6.45, 7) is 8.01. The third-order valence-corrected chi connectivity index (χ3v) is 7.95. The van der Waals surface area contributed by atoms with Crippen LogP contribution in [0.4, 0.5) is 21.5 Å². The summed E-state index contributed by atoms with van der Waals surface area (Å²) in [6, 6.07) is 19.9. The number of rotatable bonds is 11. The lowest BCUT2D eigenvalue weighted by molar-refractivity contribution is -0.117. The number of anilines is 3. The number of benzene rings is 3. The molecule has 0 spiro atoms. The maximum absolute atomic E-state index is 14.6. The van der Waals surface area contributed by atoms with Crippen molar-refractivity contribution in [2.45, 2.75) is 53.5 Å². The van der Waals surface area contributed by atoms with Crippen LogP contribution in [-0.2, 0) is 21.4 Å². The molecule has 2 amide bonds. The number of sulfonamides is 1. The summed E-state index contributed by atoms with van der Waals surface area (Å²) in [4.78, 5) is 26.0. The number of unbranched alkanes of at least 4 members (excludes halogenated alkanes) is 1. The zero-order valence-electron chi connectivity index (χ0n) is 24.3. The summed E-state index contributed by atoms with van der Waals surface area (Å²) < 4.78 is 43.3. The Balaban J connectivity index is 1.61. The van der Waals surface area contributed by atoms with Crippen LogP contribution in [0.5, 0.6) is 0 Å². The van der Waals surface area contributed by atoms with Crippen molar-refractivity contribution in [1.29, 1.82) is 0 Å². The Labute approximate surface area is 246 Å². The van der Waals surface area contributed by atoms with Crippen LogP contribution in [0.3, 0.4) is 0 Å². The lowest BCUT2D eigenvalue weighted by atomic mass is 9.92. The number of fused-ring (bicyclic) bond motifs is 1. The highest BCUT2D eigenvalue weighted by molar-refractivity contribution is 7.92. The maximum atomic E-state index is 14.6. The van der Waals surface area contributed by atoms with E-state index >= 15 is 0 Å².